The van der Waals surface area contributed by atoms with Crippen molar-refractivity contribution in [3.8, 4) is 11.5 Å². The Bertz CT molecular complexity index is 781. The van der Waals surface area contributed by atoms with E-state index < -0.39 is 0 Å². The summed E-state index contributed by atoms with van der Waals surface area (Å²) in [5, 5.41) is 13.4. The Morgan fingerprint density at radius 2 is 1.71 bits per heavy atom. The predicted octanol–water partition coefficient (Wildman–Crippen LogP) is 3.57. The van der Waals surface area contributed by atoms with Crippen molar-refractivity contribution < 1.29 is 9.84 Å². The van der Waals surface area contributed by atoms with E-state index in [1.807, 2.05) is 54.6 Å². The highest BCUT2D eigenvalue weighted by molar-refractivity contribution is 6.00. The number of nitrogens with two attached hydrogens (primary N) is 1. The van der Waals surface area contributed by atoms with Gasteiger partial charge in [-0.3, -0.25) is 5.01 Å². The number of hydrogen-bond acceptors (Lipinski definition) is 4. The average Bonchev–Trinajstić information content (AvgIpc) is 2.54. The number of methoxy groups -OCH3 is 1. The minimum absolute atomic E-state index is 0.210. The number of aromatic hydroxyl groups is 1. The van der Waals surface area contributed by atoms with Crippen molar-refractivity contribution in [3.63, 3.8) is 0 Å². The Balaban J connectivity index is 2.15. The molecule has 0 radical (unpaired) electrons. The fourth-order valence-corrected chi connectivity index (χ4v) is 2.40. The zero-order valence-corrected chi connectivity index (χ0v) is 11.7. The first-order valence-corrected chi connectivity index (χ1v) is 6.60. The van der Waals surface area contributed by atoms with Gasteiger partial charge in [-0.25, -0.2) is 5.84 Å². The lowest BCUT2D eigenvalue weighted by Gasteiger charge is -2.21. The van der Waals surface area contributed by atoms with E-state index in [0.717, 1.165) is 27.9 Å². The van der Waals surface area contributed by atoms with Gasteiger partial charge in [-0.2, -0.15) is 0 Å². The molecule has 0 aliphatic heterocycles. The van der Waals surface area contributed by atoms with Crippen LogP contribution in [0.2, 0.25) is 0 Å². The summed E-state index contributed by atoms with van der Waals surface area (Å²) in [6.45, 7) is 0. The largest absolute Gasteiger partial charge is 0.507 e. The monoisotopic (exact) mass is 280 g/mol. The molecule has 0 unspecified atom stereocenters. The van der Waals surface area contributed by atoms with Crippen LogP contribution < -0.4 is 15.6 Å². The molecule has 3 rings (SSSR count). The summed E-state index contributed by atoms with van der Waals surface area (Å²) >= 11 is 0. The summed E-state index contributed by atoms with van der Waals surface area (Å²) in [5.41, 5.74) is 1.52. The van der Waals surface area contributed by atoms with Crippen molar-refractivity contribution in [2.24, 2.45) is 5.84 Å². The summed E-state index contributed by atoms with van der Waals surface area (Å²) in [7, 11) is 1.61. The van der Waals surface area contributed by atoms with E-state index >= 15 is 0 Å². The quantitative estimate of drug-likeness (QED) is 0.569. The lowest BCUT2D eigenvalue weighted by Crippen LogP contribution is -2.25. The molecule has 0 heterocycles. The smallest absolute Gasteiger partial charge is 0.125 e. The maximum absolute atomic E-state index is 10.1. The second-order valence-corrected chi connectivity index (χ2v) is 4.72. The second kappa shape index (κ2) is 5.34. The summed E-state index contributed by atoms with van der Waals surface area (Å²) in [6.07, 6.45) is 0. The van der Waals surface area contributed by atoms with Crippen molar-refractivity contribution in [2.45, 2.75) is 0 Å². The molecule has 0 aliphatic carbocycles. The molecule has 0 spiro atoms. The molecule has 0 fully saturated rings. The molecule has 0 bridgehead atoms. The van der Waals surface area contributed by atoms with Crippen LogP contribution in [0.4, 0.5) is 11.4 Å². The Kier molecular flexibility index (Phi) is 3.38. The number of phenols is 1. The van der Waals surface area contributed by atoms with Gasteiger partial charge >= 0.3 is 0 Å². The molecule has 0 aromatic heterocycles. The molecule has 0 amide bonds. The fraction of sp³-hybridized carbons (Fsp3) is 0.0588. The van der Waals surface area contributed by atoms with Gasteiger partial charge in [0.1, 0.15) is 11.5 Å². The van der Waals surface area contributed by atoms with E-state index in [2.05, 4.69) is 0 Å². The number of ether oxygens (including phenoxy) is 1. The van der Waals surface area contributed by atoms with Crippen LogP contribution in [0.5, 0.6) is 11.5 Å². The highest BCUT2D eigenvalue weighted by Crippen LogP contribution is 2.36. The number of fused-ring (bicyclic) bond motifs is 1. The normalized spacial score (nSPS) is 10.6. The van der Waals surface area contributed by atoms with Gasteiger partial charge in [-0.15, -0.1) is 0 Å². The third-order valence-electron chi connectivity index (χ3n) is 3.45. The molecule has 0 atom stereocenters. The summed E-state index contributed by atoms with van der Waals surface area (Å²) < 4.78 is 5.22. The van der Waals surface area contributed by atoms with E-state index in [1.165, 1.54) is 0 Å². The Hall–Kier alpha value is -2.72. The molecule has 4 nitrogen and oxygen atoms in total. The van der Waals surface area contributed by atoms with Crippen molar-refractivity contribution in [2.75, 3.05) is 12.1 Å². The molecule has 3 aromatic rings. The molecule has 0 saturated carbocycles. The zero-order chi connectivity index (χ0) is 14.8. The maximum atomic E-state index is 10.1. The minimum atomic E-state index is 0.210. The molecule has 3 aromatic carbocycles. The van der Waals surface area contributed by atoms with Gasteiger partial charge in [0, 0.05) is 11.5 Å². The molecule has 3 N–H and O–H groups in total. The van der Waals surface area contributed by atoms with Gasteiger partial charge in [0.05, 0.1) is 18.5 Å². The van der Waals surface area contributed by atoms with Crippen LogP contribution in [0.25, 0.3) is 10.8 Å². The zero-order valence-electron chi connectivity index (χ0n) is 11.7. The number of hydrazine groups is 1. The van der Waals surface area contributed by atoms with E-state index in [1.54, 1.807) is 18.2 Å². The summed E-state index contributed by atoms with van der Waals surface area (Å²) in [4.78, 5) is 0. The van der Waals surface area contributed by atoms with Gasteiger partial charge in [-0.1, -0.05) is 30.3 Å². The van der Waals surface area contributed by atoms with Gasteiger partial charge < -0.3 is 9.84 Å². The Morgan fingerprint density at radius 3 is 2.48 bits per heavy atom. The molecule has 0 aliphatic rings. The first kappa shape index (κ1) is 13.3. The number of benzene rings is 3. The highest BCUT2D eigenvalue weighted by Gasteiger charge is 2.12. The topological polar surface area (TPSA) is 58.7 Å². The van der Waals surface area contributed by atoms with Crippen molar-refractivity contribution in [1.82, 2.24) is 0 Å². The number of rotatable bonds is 3. The average molecular weight is 280 g/mol. The second-order valence-electron chi connectivity index (χ2n) is 4.72. The molecular formula is C17H16N2O2. The van der Waals surface area contributed by atoms with Crippen molar-refractivity contribution in [1.29, 1.82) is 0 Å². The third kappa shape index (κ3) is 2.37. The molecule has 4 heteroatoms. The molecule has 106 valence electrons. The van der Waals surface area contributed by atoms with Crippen LogP contribution >= 0.6 is 0 Å². The first-order chi connectivity index (χ1) is 10.2. The number of anilines is 2. The molecule has 21 heavy (non-hydrogen) atoms. The number of hydrogen-bond donors (Lipinski definition) is 2. The van der Waals surface area contributed by atoms with Crippen LogP contribution in [0.1, 0.15) is 0 Å². The van der Waals surface area contributed by atoms with Gasteiger partial charge in [0.25, 0.3) is 0 Å². The van der Waals surface area contributed by atoms with Crippen molar-refractivity contribution >= 4 is 22.1 Å². The van der Waals surface area contributed by atoms with Crippen LogP contribution in [-0.2, 0) is 0 Å². The Morgan fingerprint density at radius 1 is 1.00 bits per heavy atom. The minimum Gasteiger partial charge on any atom is -0.507 e. The lowest BCUT2D eigenvalue weighted by molar-refractivity contribution is 0.415. The van der Waals surface area contributed by atoms with Crippen LogP contribution in [0.3, 0.4) is 0 Å². The van der Waals surface area contributed by atoms with Gasteiger partial charge in [0.2, 0.25) is 0 Å². The first-order valence-electron chi connectivity index (χ1n) is 6.60. The van der Waals surface area contributed by atoms with Gasteiger partial charge in [-0.05, 0) is 29.7 Å². The molecular weight excluding hydrogens is 264 g/mol. The number of phenolic OH excluding ortho intramolecular Hbond substituents is 1. The van der Waals surface area contributed by atoms with Crippen LogP contribution in [0, 0.1) is 0 Å². The summed E-state index contributed by atoms with van der Waals surface area (Å²) in [5.74, 6) is 7.18. The highest BCUT2D eigenvalue weighted by atomic mass is 16.5. The predicted molar refractivity (Wildman–Crippen MR) is 84.9 cm³/mol. The van der Waals surface area contributed by atoms with Gasteiger partial charge in [0.15, 0.2) is 0 Å². The molecule has 0 saturated heterocycles. The van der Waals surface area contributed by atoms with E-state index in [-0.39, 0.29) is 5.75 Å². The lowest BCUT2D eigenvalue weighted by atomic mass is 10.1. The van der Waals surface area contributed by atoms with Crippen molar-refractivity contribution in [3.05, 3.63) is 60.7 Å². The third-order valence-corrected chi connectivity index (χ3v) is 3.45. The van der Waals surface area contributed by atoms with E-state index in [4.69, 9.17) is 10.6 Å². The summed E-state index contributed by atoms with van der Waals surface area (Å²) in [6, 6.07) is 18.6. The van der Waals surface area contributed by atoms with Crippen LogP contribution in [0.15, 0.2) is 60.7 Å². The fourth-order valence-electron chi connectivity index (χ4n) is 2.40. The Labute approximate surface area is 123 Å². The number of nitrogens with zero attached hydrogens (tertiary/aromatic N) is 1. The standard InChI is InChI=1S/C17H16N2O2/c1-21-14-8-4-7-13(11-14)19(18)15-9-2-5-12-6-3-10-16(20)17(12)15/h2-11,20H,18H2,1H3. The van der Waals surface area contributed by atoms with E-state index in [9.17, 15) is 5.11 Å². The SMILES string of the molecule is COc1cccc(N(N)c2cccc3cccc(O)c23)c1. The van der Waals surface area contributed by atoms with Crippen LogP contribution in [-0.4, -0.2) is 12.2 Å². The van der Waals surface area contributed by atoms with E-state index in [0.29, 0.717) is 0 Å². The maximum Gasteiger partial charge on any atom is 0.125 e.